The Morgan fingerprint density at radius 3 is 2.93 bits per heavy atom. The fourth-order valence-electron chi connectivity index (χ4n) is 1.90. The molecule has 5 heteroatoms. The van der Waals surface area contributed by atoms with Gasteiger partial charge in [0.15, 0.2) is 0 Å². The van der Waals surface area contributed by atoms with E-state index in [4.69, 9.17) is 9.84 Å². The van der Waals surface area contributed by atoms with Gasteiger partial charge in [0, 0.05) is 26.7 Å². The minimum atomic E-state index is -0.778. The Morgan fingerprint density at radius 2 is 2.47 bits per heavy atom. The molecule has 2 N–H and O–H groups in total. The number of carbonyl (C=O) groups is 1. The van der Waals surface area contributed by atoms with Crippen LogP contribution >= 0.6 is 0 Å². The van der Waals surface area contributed by atoms with Gasteiger partial charge in [-0.3, -0.25) is 4.79 Å². The third-order valence-electron chi connectivity index (χ3n) is 2.94. The average molecular weight is 216 g/mol. The fraction of sp³-hybridized carbons (Fsp3) is 0.900. The molecular weight excluding hydrogens is 196 g/mol. The Morgan fingerprint density at radius 1 is 1.73 bits per heavy atom. The molecule has 2 atom stereocenters. The first-order valence-corrected chi connectivity index (χ1v) is 5.32. The number of carboxylic acid groups (broad SMARTS) is 1. The Labute approximate surface area is 90.4 Å². The molecule has 0 amide bonds. The van der Waals surface area contributed by atoms with Gasteiger partial charge in [-0.15, -0.1) is 0 Å². The highest BCUT2D eigenvalue weighted by molar-refractivity contribution is 5.73. The molecule has 1 aliphatic heterocycles. The van der Waals surface area contributed by atoms with Gasteiger partial charge in [0.1, 0.15) is 6.04 Å². The van der Waals surface area contributed by atoms with Crippen LogP contribution in [0.4, 0.5) is 0 Å². The monoisotopic (exact) mass is 216 g/mol. The summed E-state index contributed by atoms with van der Waals surface area (Å²) >= 11 is 0. The van der Waals surface area contributed by atoms with Crippen molar-refractivity contribution in [1.82, 2.24) is 10.2 Å². The van der Waals surface area contributed by atoms with E-state index in [1.165, 1.54) is 0 Å². The second kappa shape index (κ2) is 6.05. The summed E-state index contributed by atoms with van der Waals surface area (Å²) in [7, 11) is 3.41. The molecule has 0 spiro atoms. The number of ether oxygens (including phenoxy) is 1. The Bertz CT molecular complexity index is 211. The molecule has 1 fully saturated rings. The molecule has 0 saturated carbocycles. The van der Waals surface area contributed by atoms with E-state index in [-0.39, 0.29) is 0 Å². The maximum atomic E-state index is 10.8. The maximum Gasteiger partial charge on any atom is 0.320 e. The molecular formula is C10H20N2O3. The smallest absolute Gasteiger partial charge is 0.320 e. The summed E-state index contributed by atoms with van der Waals surface area (Å²) in [4.78, 5) is 13.0. The van der Waals surface area contributed by atoms with E-state index in [0.717, 1.165) is 26.1 Å². The zero-order chi connectivity index (χ0) is 11.3. The van der Waals surface area contributed by atoms with E-state index in [0.29, 0.717) is 12.5 Å². The predicted molar refractivity (Wildman–Crippen MR) is 57.0 cm³/mol. The SMILES string of the molecule is CNC(CCN1CCC(OC)C1)C(=O)O. The molecule has 1 rings (SSSR count). The van der Waals surface area contributed by atoms with Gasteiger partial charge in [-0.1, -0.05) is 0 Å². The topological polar surface area (TPSA) is 61.8 Å². The van der Waals surface area contributed by atoms with Crippen molar-refractivity contribution in [3.8, 4) is 0 Å². The fourth-order valence-corrected chi connectivity index (χ4v) is 1.90. The lowest BCUT2D eigenvalue weighted by molar-refractivity contribution is -0.139. The van der Waals surface area contributed by atoms with Crippen LogP contribution in [0.15, 0.2) is 0 Å². The van der Waals surface area contributed by atoms with Crippen LogP contribution in [0.25, 0.3) is 0 Å². The van der Waals surface area contributed by atoms with Crippen LogP contribution in [0.3, 0.4) is 0 Å². The van der Waals surface area contributed by atoms with Crippen molar-refractivity contribution in [3.63, 3.8) is 0 Å². The van der Waals surface area contributed by atoms with Crippen LogP contribution in [0.1, 0.15) is 12.8 Å². The first-order valence-electron chi connectivity index (χ1n) is 5.32. The van der Waals surface area contributed by atoms with Crippen molar-refractivity contribution in [3.05, 3.63) is 0 Å². The van der Waals surface area contributed by atoms with E-state index in [1.54, 1.807) is 14.2 Å². The molecule has 0 aromatic rings. The first kappa shape index (κ1) is 12.4. The third kappa shape index (κ3) is 3.77. The standard InChI is InChI=1S/C10H20N2O3/c1-11-9(10(13)14)4-6-12-5-3-8(7-12)15-2/h8-9,11H,3-7H2,1-2H3,(H,13,14). The van der Waals surface area contributed by atoms with Gasteiger partial charge in [0.05, 0.1) is 6.10 Å². The van der Waals surface area contributed by atoms with Crippen LogP contribution in [-0.2, 0) is 9.53 Å². The van der Waals surface area contributed by atoms with Gasteiger partial charge in [0.25, 0.3) is 0 Å². The summed E-state index contributed by atoms with van der Waals surface area (Å²) in [6.45, 7) is 2.75. The summed E-state index contributed by atoms with van der Waals surface area (Å²) < 4.78 is 5.25. The summed E-state index contributed by atoms with van der Waals surface area (Å²) in [6.07, 6.45) is 2.01. The number of aliphatic carboxylic acids is 1. The van der Waals surface area contributed by atoms with Gasteiger partial charge in [-0.25, -0.2) is 0 Å². The molecule has 0 bridgehead atoms. The summed E-state index contributed by atoms with van der Waals surface area (Å²) in [5.41, 5.74) is 0. The lowest BCUT2D eigenvalue weighted by Gasteiger charge is -2.18. The Hall–Kier alpha value is -0.650. The molecule has 1 saturated heterocycles. The van der Waals surface area contributed by atoms with E-state index < -0.39 is 12.0 Å². The van der Waals surface area contributed by atoms with E-state index in [2.05, 4.69) is 10.2 Å². The second-order valence-corrected chi connectivity index (χ2v) is 3.92. The quantitative estimate of drug-likeness (QED) is 0.642. The molecule has 15 heavy (non-hydrogen) atoms. The first-order chi connectivity index (χ1) is 7.17. The molecule has 2 unspecified atom stereocenters. The van der Waals surface area contributed by atoms with Crippen molar-refractivity contribution in [2.45, 2.75) is 25.0 Å². The van der Waals surface area contributed by atoms with Crippen molar-refractivity contribution in [1.29, 1.82) is 0 Å². The van der Waals surface area contributed by atoms with Gasteiger partial charge in [0.2, 0.25) is 0 Å². The molecule has 0 radical (unpaired) electrons. The molecule has 1 aliphatic rings. The molecule has 5 nitrogen and oxygen atoms in total. The van der Waals surface area contributed by atoms with Crippen LogP contribution in [-0.4, -0.2) is 61.9 Å². The minimum absolute atomic E-state index is 0.322. The van der Waals surface area contributed by atoms with Crippen LogP contribution in [0.5, 0.6) is 0 Å². The number of likely N-dealkylation sites (N-methyl/N-ethyl adjacent to an activating group) is 1. The predicted octanol–water partition coefficient (Wildman–Crippen LogP) is -0.230. The molecule has 1 heterocycles. The lowest BCUT2D eigenvalue weighted by Crippen LogP contribution is -2.37. The van der Waals surface area contributed by atoms with Gasteiger partial charge in [-0.2, -0.15) is 0 Å². The number of nitrogens with one attached hydrogen (secondary N) is 1. The average Bonchev–Trinajstić information content (AvgIpc) is 2.66. The van der Waals surface area contributed by atoms with Crippen molar-refractivity contribution >= 4 is 5.97 Å². The van der Waals surface area contributed by atoms with E-state index >= 15 is 0 Å². The van der Waals surface area contributed by atoms with Crippen molar-refractivity contribution in [2.75, 3.05) is 33.8 Å². The Kier molecular flexibility index (Phi) is 5.01. The molecule has 0 aliphatic carbocycles. The van der Waals surface area contributed by atoms with Crippen LogP contribution < -0.4 is 5.32 Å². The largest absolute Gasteiger partial charge is 0.480 e. The highest BCUT2D eigenvalue weighted by Gasteiger charge is 2.23. The van der Waals surface area contributed by atoms with Gasteiger partial charge >= 0.3 is 5.97 Å². The molecule has 0 aromatic carbocycles. The number of hydrogen-bond acceptors (Lipinski definition) is 4. The molecule has 0 aromatic heterocycles. The maximum absolute atomic E-state index is 10.8. The zero-order valence-corrected chi connectivity index (χ0v) is 9.40. The Balaban J connectivity index is 2.22. The number of methoxy groups -OCH3 is 1. The third-order valence-corrected chi connectivity index (χ3v) is 2.94. The second-order valence-electron chi connectivity index (χ2n) is 3.92. The number of likely N-dealkylation sites (tertiary alicyclic amines) is 1. The van der Waals surface area contributed by atoms with E-state index in [9.17, 15) is 4.79 Å². The van der Waals surface area contributed by atoms with Crippen LogP contribution in [0, 0.1) is 0 Å². The van der Waals surface area contributed by atoms with E-state index in [1.807, 2.05) is 0 Å². The summed E-state index contributed by atoms with van der Waals surface area (Å²) in [5.74, 6) is -0.778. The minimum Gasteiger partial charge on any atom is -0.480 e. The number of nitrogens with zero attached hydrogens (tertiary/aromatic N) is 1. The highest BCUT2D eigenvalue weighted by atomic mass is 16.5. The zero-order valence-electron chi connectivity index (χ0n) is 9.40. The van der Waals surface area contributed by atoms with Crippen LogP contribution in [0.2, 0.25) is 0 Å². The normalized spacial score (nSPS) is 24.3. The van der Waals surface area contributed by atoms with Gasteiger partial charge < -0.3 is 20.1 Å². The lowest BCUT2D eigenvalue weighted by atomic mass is 10.2. The van der Waals surface area contributed by atoms with Crippen molar-refractivity contribution < 1.29 is 14.6 Å². The number of hydrogen-bond donors (Lipinski definition) is 2. The highest BCUT2D eigenvalue weighted by Crippen LogP contribution is 2.12. The van der Waals surface area contributed by atoms with Crippen molar-refractivity contribution in [2.24, 2.45) is 0 Å². The summed E-state index contributed by atoms with van der Waals surface area (Å²) in [6, 6.07) is -0.438. The number of carboxylic acids is 1. The van der Waals surface area contributed by atoms with Gasteiger partial charge in [-0.05, 0) is 19.9 Å². The summed E-state index contributed by atoms with van der Waals surface area (Å²) in [5, 5.41) is 11.6. The molecule has 88 valence electrons. The number of rotatable bonds is 6.